The van der Waals surface area contributed by atoms with E-state index in [-0.39, 0.29) is 0 Å². The third kappa shape index (κ3) is 4.40. The second kappa shape index (κ2) is 7.21. The molecule has 0 aromatic heterocycles. The minimum Gasteiger partial charge on any atom is -0.379 e. The molecule has 0 radical (unpaired) electrons. The molecule has 0 aromatic rings. The normalized spacial score (nSPS) is 24.0. The maximum Gasteiger partial charge on any atom is 0.0831 e. The van der Waals surface area contributed by atoms with Gasteiger partial charge in [0, 0.05) is 12.6 Å². The first-order chi connectivity index (χ1) is 6.86. The highest BCUT2D eigenvalue weighted by atomic mass is 16.5. The van der Waals surface area contributed by atoms with E-state index in [9.17, 15) is 0 Å². The molecule has 0 aliphatic carbocycles. The lowest BCUT2D eigenvalue weighted by molar-refractivity contribution is 0.0289. The van der Waals surface area contributed by atoms with Crippen LogP contribution >= 0.6 is 0 Å². The summed E-state index contributed by atoms with van der Waals surface area (Å²) >= 11 is 0. The van der Waals surface area contributed by atoms with Gasteiger partial charge in [-0.15, -0.1) is 0 Å². The van der Waals surface area contributed by atoms with Crippen LogP contribution in [0.5, 0.6) is 0 Å². The average Bonchev–Trinajstić information content (AvgIpc) is 2.67. The molecule has 1 saturated heterocycles. The molecule has 84 valence electrons. The van der Waals surface area contributed by atoms with E-state index in [1.165, 1.54) is 12.8 Å². The van der Waals surface area contributed by atoms with Gasteiger partial charge in [-0.05, 0) is 19.4 Å². The average molecular weight is 201 g/mol. The zero-order valence-corrected chi connectivity index (χ0v) is 9.42. The number of hydrogen-bond donors (Lipinski definition) is 1. The van der Waals surface area contributed by atoms with Crippen molar-refractivity contribution in [2.24, 2.45) is 0 Å². The maximum absolute atomic E-state index is 5.78. The molecule has 2 unspecified atom stereocenters. The number of nitrogens with one attached hydrogen (secondary N) is 1. The molecule has 0 bridgehead atoms. The van der Waals surface area contributed by atoms with Crippen LogP contribution in [-0.2, 0) is 9.47 Å². The SMILES string of the molecule is CCCC(COC1CCOC1)NCC. The standard InChI is InChI=1S/C11H23NO2/c1-3-5-10(12-4-2)8-14-11-6-7-13-9-11/h10-12H,3-9H2,1-2H3. The van der Waals surface area contributed by atoms with Gasteiger partial charge in [0.15, 0.2) is 0 Å². The number of likely N-dealkylation sites (N-methyl/N-ethyl adjacent to an activating group) is 1. The van der Waals surface area contributed by atoms with E-state index in [4.69, 9.17) is 9.47 Å². The highest BCUT2D eigenvalue weighted by molar-refractivity contribution is 4.68. The van der Waals surface area contributed by atoms with E-state index in [1.807, 2.05) is 0 Å². The van der Waals surface area contributed by atoms with E-state index in [0.29, 0.717) is 12.1 Å². The summed E-state index contributed by atoms with van der Waals surface area (Å²) in [5, 5.41) is 3.44. The van der Waals surface area contributed by atoms with Crippen LogP contribution in [0.2, 0.25) is 0 Å². The fraction of sp³-hybridized carbons (Fsp3) is 1.00. The predicted octanol–water partition coefficient (Wildman–Crippen LogP) is 1.57. The first-order valence-corrected chi connectivity index (χ1v) is 5.79. The van der Waals surface area contributed by atoms with E-state index in [0.717, 1.165) is 32.8 Å². The minimum absolute atomic E-state index is 0.341. The zero-order chi connectivity index (χ0) is 10.2. The summed E-state index contributed by atoms with van der Waals surface area (Å²) in [6.07, 6.45) is 3.81. The fourth-order valence-electron chi connectivity index (χ4n) is 1.78. The Balaban J connectivity index is 2.10. The Morgan fingerprint density at radius 2 is 2.36 bits per heavy atom. The number of ether oxygens (including phenoxy) is 2. The van der Waals surface area contributed by atoms with E-state index < -0.39 is 0 Å². The van der Waals surface area contributed by atoms with Crippen molar-refractivity contribution in [2.75, 3.05) is 26.4 Å². The lowest BCUT2D eigenvalue weighted by atomic mass is 10.2. The van der Waals surface area contributed by atoms with Gasteiger partial charge in [-0.2, -0.15) is 0 Å². The molecule has 2 atom stereocenters. The molecular formula is C11H23NO2. The first kappa shape index (κ1) is 12.0. The molecule has 0 aromatic carbocycles. The van der Waals surface area contributed by atoms with Gasteiger partial charge in [0.2, 0.25) is 0 Å². The van der Waals surface area contributed by atoms with Gasteiger partial charge in [0.1, 0.15) is 0 Å². The summed E-state index contributed by atoms with van der Waals surface area (Å²) in [4.78, 5) is 0. The lowest BCUT2D eigenvalue weighted by Crippen LogP contribution is -2.34. The second-order valence-corrected chi connectivity index (χ2v) is 3.86. The third-order valence-corrected chi connectivity index (χ3v) is 2.55. The van der Waals surface area contributed by atoms with Gasteiger partial charge in [-0.3, -0.25) is 0 Å². The van der Waals surface area contributed by atoms with Crippen molar-refractivity contribution >= 4 is 0 Å². The molecule has 1 aliphatic heterocycles. The molecule has 3 nitrogen and oxygen atoms in total. The molecule has 1 rings (SSSR count). The van der Waals surface area contributed by atoms with Crippen LogP contribution in [-0.4, -0.2) is 38.5 Å². The molecule has 1 aliphatic rings. The summed E-state index contributed by atoms with van der Waals surface area (Å²) in [6.45, 7) is 7.85. The van der Waals surface area contributed by atoms with Gasteiger partial charge >= 0.3 is 0 Å². The van der Waals surface area contributed by atoms with Crippen molar-refractivity contribution in [2.45, 2.75) is 45.3 Å². The molecule has 1 N–H and O–H groups in total. The summed E-state index contributed by atoms with van der Waals surface area (Å²) in [5.41, 5.74) is 0. The van der Waals surface area contributed by atoms with Gasteiger partial charge in [0.25, 0.3) is 0 Å². The predicted molar refractivity (Wildman–Crippen MR) is 57.5 cm³/mol. The highest BCUT2D eigenvalue weighted by Crippen LogP contribution is 2.09. The van der Waals surface area contributed by atoms with Crippen LogP contribution < -0.4 is 5.32 Å². The highest BCUT2D eigenvalue weighted by Gasteiger charge is 2.17. The molecule has 0 saturated carbocycles. The summed E-state index contributed by atoms with van der Waals surface area (Å²) < 4.78 is 11.0. The first-order valence-electron chi connectivity index (χ1n) is 5.79. The summed E-state index contributed by atoms with van der Waals surface area (Å²) in [7, 11) is 0. The van der Waals surface area contributed by atoms with Gasteiger partial charge in [-0.1, -0.05) is 20.3 Å². The Morgan fingerprint density at radius 1 is 1.50 bits per heavy atom. The smallest absolute Gasteiger partial charge is 0.0831 e. The van der Waals surface area contributed by atoms with Crippen molar-refractivity contribution < 1.29 is 9.47 Å². The molecule has 14 heavy (non-hydrogen) atoms. The van der Waals surface area contributed by atoms with E-state index >= 15 is 0 Å². The van der Waals surface area contributed by atoms with Crippen LogP contribution in [0, 0.1) is 0 Å². The molecule has 0 amide bonds. The Kier molecular flexibility index (Phi) is 6.15. The van der Waals surface area contributed by atoms with E-state index in [1.54, 1.807) is 0 Å². The quantitative estimate of drug-likeness (QED) is 0.678. The zero-order valence-electron chi connectivity index (χ0n) is 9.42. The van der Waals surface area contributed by atoms with Crippen LogP contribution in [0.1, 0.15) is 33.1 Å². The minimum atomic E-state index is 0.341. The number of hydrogen-bond acceptors (Lipinski definition) is 3. The monoisotopic (exact) mass is 201 g/mol. The maximum atomic E-state index is 5.78. The Bertz CT molecular complexity index is 129. The largest absolute Gasteiger partial charge is 0.379 e. The molecular weight excluding hydrogens is 178 g/mol. The lowest BCUT2D eigenvalue weighted by Gasteiger charge is -2.19. The van der Waals surface area contributed by atoms with Crippen molar-refractivity contribution in [3.05, 3.63) is 0 Å². The third-order valence-electron chi connectivity index (χ3n) is 2.55. The van der Waals surface area contributed by atoms with Crippen molar-refractivity contribution in [1.29, 1.82) is 0 Å². The molecule has 1 heterocycles. The molecule has 0 spiro atoms. The Labute approximate surface area is 87.2 Å². The number of rotatable bonds is 7. The van der Waals surface area contributed by atoms with Gasteiger partial charge in [0.05, 0.1) is 19.3 Å². The molecule has 3 heteroatoms. The fourth-order valence-corrected chi connectivity index (χ4v) is 1.78. The summed E-state index contributed by atoms with van der Waals surface area (Å²) in [5.74, 6) is 0. The summed E-state index contributed by atoms with van der Waals surface area (Å²) in [6, 6.07) is 0.519. The Hall–Kier alpha value is -0.120. The van der Waals surface area contributed by atoms with Crippen LogP contribution in [0.3, 0.4) is 0 Å². The van der Waals surface area contributed by atoms with E-state index in [2.05, 4.69) is 19.2 Å². The van der Waals surface area contributed by atoms with Crippen LogP contribution in [0.25, 0.3) is 0 Å². The van der Waals surface area contributed by atoms with Crippen molar-refractivity contribution in [3.63, 3.8) is 0 Å². The van der Waals surface area contributed by atoms with Crippen LogP contribution in [0.4, 0.5) is 0 Å². The second-order valence-electron chi connectivity index (χ2n) is 3.86. The van der Waals surface area contributed by atoms with Crippen molar-refractivity contribution in [3.8, 4) is 0 Å². The topological polar surface area (TPSA) is 30.5 Å². The van der Waals surface area contributed by atoms with Crippen molar-refractivity contribution in [1.82, 2.24) is 5.32 Å². The molecule has 1 fully saturated rings. The van der Waals surface area contributed by atoms with Crippen LogP contribution in [0.15, 0.2) is 0 Å². The van der Waals surface area contributed by atoms with Gasteiger partial charge < -0.3 is 14.8 Å². The van der Waals surface area contributed by atoms with Gasteiger partial charge in [-0.25, -0.2) is 0 Å². The Morgan fingerprint density at radius 3 is 2.93 bits per heavy atom.